The quantitative estimate of drug-likeness (QED) is 0.628. The lowest BCUT2D eigenvalue weighted by Crippen LogP contribution is -2.28. The fourth-order valence-electron chi connectivity index (χ4n) is 2.19. The van der Waals surface area contributed by atoms with Gasteiger partial charge in [0.05, 0.1) is 6.54 Å². The molecule has 2 amide bonds. The summed E-state index contributed by atoms with van der Waals surface area (Å²) in [6.07, 6.45) is 1.50. The molecule has 25 heavy (non-hydrogen) atoms. The maximum absolute atomic E-state index is 12.0. The van der Waals surface area contributed by atoms with Crippen molar-refractivity contribution in [3.8, 4) is 0 Å². The van der Waals surface area contributed by atoms with Gasteiger partial charge in [-0.3, -0.25) is 5.10 Å². The molecule has 0 aliphatic rings. The van der Waals surface area contributed by atoms with Crippen molar-refractivity contribution < 1.29 is 4.79 Å². The van der Waals surface area contributed by atoms with Gasteiger partial charge in [0.15, 0.2) is 5.82 Å². The number of hydrogen-bond acceptors (Lipinski definition) is 6. The molecule has 0 aliphatic carbocycles. The molecule has 1 aromatic carbocycles. The fourth-order valence-corrected chi connectivity index (χ4v) is 2.91. The van der Waals surface area contributed by atoms with Gasteiger partial charge >= 0.3 is 6.03 Å². The van der Waals surface area contributed by atoms with Crippen LogP contribution < -0.4 is 10.6 Å². The number of aromatic nitrogens is 5. The van der Waals surface area contributed by atoms with E-state index in [1.807, 2.05) is 38.1 Å². The van der Waals surface area contributed by atoms with E-state index < -0.39 is 0 Å². The van der Waals surface area contributed by atoms with Crippen molar-refractivity contribution in [2.45, 2.75) is 33.2 Å². The fraction of sp³-hybridized carbons (Fsp3) is 0.312. The van der Waals surface area contributed by atoms with Gasteiger partial charge in [0.2, 0.25) is 0 Å². The minimum absolute atomic E-state index is 0.273. The largest absolute Gasteiger partial charge is 0.331 e. The Kier molecular flexibility index (Phi) is 5.34. The molecule has 0 saturated heterocycles. The lowest BCUT2D eigenvalue weighted by Gasteiger charge is -2.07. The Morgan fingerprint density at radius 1 is 1.20 bits per heavy atom. The summed E-state index contributed by atoms with van der Waals surface area (Å²) < 4.78 is 0. The molecular formula is C16H19N7OS. The van der Waals surface area contributed by atoms with Crippen molar-refractivity contribution in [3.63, 3.8) is 0 Å². The second-order valence-corrected chi connectivity index (χ2v) is 6.61. The Bertz CT molecular complexity index is 840. The molecule has 0 bridgehead atoms. The van der Waals surface area contributed by atoms with Gasteiger partial charge in [-0.05, 0) is 31.0 Å². The van der Waals surface area contributed by atoms with Crippen molar-refractivity contribution >= 4 is 23.1 Å². The molecule has 0 radical (unpaired) electrons. The zero-order chi connectivity index (χ0) is 17.6. The number of nitrogens with zero attached hydrogens (tertiary/aromatic N) is 4. The summed E-state index contributed by atoms with van der Waals surface area (Å²) in [5.74, 6) is 1.55. The number of urea groups is 1. The van der Waals surface area contributed by atoms with E-state index in [1.54, 1.807) is 0 Å². The molecular weight excluding hydrogens is 338 g/mol. The van der Waals surface area contributed by atoms with Crippen LogP contribution in [0.2, 0.25) is 0 Å². The van der Waals surface area contributed by atoms with Crippen LogP contribution in [0.4, 0.5) is 10.5 Å². The van der Waals surface area contributed by atoms with E-state index in [1.165, 1.54) is 11.3 Å². The Morgan fingerprint density at radius 3 is 2.60 bits per heavy atom. The van der Waals surface area contributed by atoms with Crippen molar-refractivity contribution in [1.82, 2.24) is 30.7 Å². The molecule has 8 nitrogen and oxygen atoms in total. The van der Waals surface area contributed by atoms with E-state index in [-0.39, 0.29) is 6.03 Å². The minimum atomic E-state index is -0.273. The van der Waals surface area contributed by atoms with Crippen LogP contribution >= 0.6 is 11.3 Å². The molecule has 130 valence electrons. The standard InChI is InChI=1S/C16H19N7OS/c1-3-14-22-23-15(25-14)9-17-16(24)19-12-6-4-11(5-7-12)8-13-18-10(2)20-21-13/h4-7H,3,8-9H2,1-2H3,(H2,17,19,24)(H,18,20,21). The Balaban J connectivity index is 1.49. The lowest BCUT2D eigenvalue weighted by molar-refractivity contribution is 0.251. The van der Waals surface area contributed by atoms with Gasteiger partial charge in [-0.25, -0.2) is 9.78 Å². The highest BCUT2D eigenvalue weighted by Gasteiger charge is 2.06. The molecule has 3 N–H and O–H groups in total. The average molecular weight is 357 g/mol. The molecule has 0 spiro atoms. The molecule has 0 unspecified atom stereocenters. The molecule has 0 fully saturated rings. The zero-order valence-corrected chi connectivity index (χ0v) is 14.9. The first-order valence-corrected chi connectivity index (χ1v) is 8.77. The number of nitrogens with one attached hydrogen (secondary N) is 3. The monoisotopic (exact) mass is 357 g/mol. The number of carbonyl (C=O) groups excluding carboxylic acids is 1. The van der Waals surface area contributed by atoms with E-state index in [0.29, 0.717) is 13.0 Å². The van der Waals surface area contributed by atoms with E-state index in [4.69, 9.17) is 0 Å². The first kappa shape index (κ1) is 17.0. The maximum Gasteiger partial charge on any atom is 0.319 e. The second-order valence-electron chi connectivity index (χ2n) is 5.46. The van der Waals surface area contributed by atoms with Gasteiger partial charge in [0.1, 0.15) is 15.8 Å². The maximum atomic E-state index is 12.0. The summed E-state index contributed by atoms with van der Waals surface area (Å²) in [5, 5.41) is 22.3. The van der Waals surface area contributed by atoms with Crippen molar-refractivity contribution in [3.05, 3.63) is 51.5 Å². The summed E-state index contributed by atoms with van der Waals surface area (Å²) in [5.41, 5.74) is 1.80. The second kappa shape index (κ2) is 7.84. The number of anilines is 1. The number of hydrogen-bond donors (Lipinski definition) is 3. The van der Waals surface area contributed by atoms with E-state index in [9.17, 15) is 4.79 Å². The van der Waals surface area contributed by atoms with Crippen LogP contribution in [0.3, 0.4) is 0 Å². The third-order valence-electron chi connectivity index (χ3n) is 3.43. The van der Waals surface area contributed by atoms with Crippen LogP contribution in [0.15, 0.2) is 24.3 Å². The molecule has 2 heterocycles. The molecule has 9 heteroatoms. The first-order chi connectivity index (χ1) is 12.1. The van der Waals surface area contributed by atoms with Crippen molar-refractivity contribution in [2.24, 2.45) is 0 Å². The van der Waals surface area contributed by atoms with Gasteiger partial charge < -0.3 is 10.6 Å². The highest BCUT2D eigenvalue weighted by atomic mass is 32.1. The summed E-state index contributed by atoms with van der Waals surface area (Å²) in [7, 11) is 0. The van der Waals surface area contributed by atoms with Crippen LogP contribution in [0.5, 0.6) is 0 Å². The van der Waals surface area contributed by atoms with Crippen LogP contribution in [0.1, 0.15) is 34.2 Å². The van der Waals surface area contributed by atoms with Crippen LogP contribution in [-0.2, 0) is 19.4 Å². The normalized spacial score (nSPS) is 10.6. The van der Waals surface area contributed by atoms with E-state index in [2.05, 4.69) is 36.0 Å². The topological polar surface area (TPSA) is 108 Å². The Hall–Kier alpha value is -2.81. The number of benzene rings is 1. The Morgan fingerprint density at radius 2 is 1.96 bits per heavy atom. The molecule has 0 saturated carbocycles. The van der Waals surface area contributed by atoms with Crippen molar-refractivity contribution in [1.29, 1.82) is 0 Å². The zero-order valence-electron chi connectivity index (χ0n) is 14.0. The van der Waals surface area contributed by atoms with Gasteiger partial charge in [0.25, 0.3) is 0 Å². The number of carbonyl (C=O) groups is 1. The van der Waals surface area contributed by atoms with Crippen molar-refractivity contribution in [2.75, 3.05) is 5.32 Å². The highest BCUT2D eigenvalue weighted by Crippen LogP contribution is 2.13. The number of aryl methyl sites for hydroxylation is 2. The van der Waals surface area contributed by atoms with Gasteiger partial charge in [0, 0.05) is 12.1 Å². The number of amides is 2. The molecule has 3 aromatic rings. The van der Waals surface area contributed by atoms with E-state index >= 15 is 0 Å². The SMILES string of the molecule is CCc1nnc(CNC(=O)Nc2ccc(Cc3n[nH]c(C)n3)cc2)s1. The third kappa shape index (κ3) is 4.83. The summed E-state index contributed by atoms with van der Waals surface area (Å²) in [6, 6.07) is 7.33. The summed E-state index contributed by atoms with van der Waals surface area (Å²) >= 11 is 1.51. The van der Waals surface area contributed by atoms with Crippen LogP contribution in [0.25, 0.3) is 0 Å². The lowest BCUT2D eigenvalue weighted by atomic mass is 10.1. The molecule has 2 aromatic heterocycles. The summed E-state index contributed by atoms with van der Waals surface area (Å²) in [4.78, 5) is 16.2. The number of H-pyrrole nitrogens is 1. The summed E-state index contributed by atoms with van der Waals surface area (Å²) in [6.45, 7) is 4.26. The highest BCUT2D eigenvalue weighted by molar-refractivity contribution is 7.11. The molecule has 0 atom stereocenters. The minimum Gasteiger partial charge on any atom is -0.331 e. The first-order valence-electron chi connectivity index (χ1n) is 7.95. The average Bonchev–Trinajstić information content (AvgIpc) is 3.23. The third-order valence-corrected chi connectivity index (χ3v) is 4.50. The van der Waals surface area contributed by atoms with Crippen LogP contribution in [-0.4, -0.2) is 31.4 Å². The predicted molar refractivity (Wildman–Crippen MR) is 95.5 cm³/mol. The number of rotatable bonds is 6. The predicted octanol–water partition coefficient (Wildman–Crippen LogP) is 2.44. The van der Waals surface area contributed by atoms with Gasteiger partial charge in [-0.1, -0.05) is 30.4 Å². The smallest absolute Gasteiger partial charge is 0.319 e. The van der Waals surface area contributed by atoms with Gasteiger partial charge in [-0.15, -0.1) is 10.2 Å². The Labute approximate surface area is 149 Å². The van der Waals surface area contributed by atoms with E-state index in [0.717, 1.165) is 39.3 Å². The molecule has 3 rings (SSSR count). The number of aromatic amines is 1. The van der Waals surface area contributed by atoms with Gasteiger partial charge in [-0.2, -0.15) is 5.10 Å². The molecule has 0 aliphatic heterocycles. The van der Waals surface area contributed by atoms with Crippen LogP contribution in [0, 0.1) is 6.92 Å².